The highest BCUT2D eigenvalue weighted by atomic mass is 16.5. The average molecular weight is 294 g/mol. The van der Waals surface area contributed by atoms with Crippen LogP contribution in [-0.4, -0.2) is 44.2 Å². The van der Waals surface area contributed by atoms with Crippen LogP contribution in [0, 0.1) is 5.92 Å². The van der Waals surface area contributed by atoms with Gasteiger partial charge in [0.05, 0.1) is 13.2 Å². The first-order valence-corrected chi connectivity index (χ1v) is 7.29. The maximum absolute atomic E-state index is 12.7. The number of ether oxygens (including phenoxy) is 2. The predicted octanol–water partition coefficient (Wildman–Crippen LogP) is 2.41. The van der Waals surface area contributed by atoms with Crippen molar-refractivity contribution in [2.75, 3.05) is 39.1 Å². The van der Waals surface area contributed by atoms with Gasteiger partial charge in [-0.25, -0.2) is 0 Å². The summed E-state index contributed by atoms with van der Waals surface area (Å²) in [5.74, 6) is 0.962. The number of hydrogen-bond donors (Lipinski definition) is 1. The Morgan fingerprint density at radius 2 is 2.05 bits per heavy atom. The Bertz CT molecular complexity index is 461. The van der Waals surface area contributed by atoms with E-state index < -0.39 is 0 Å². The molecular weight excluding hydrogens is 268 g/mol. The molecule has 21 heavy (non-hydrogen) atoms. The minimum Gasteiger partial charge on any atom is -0.494 e. The Morgan fingerprint density at radius 3 is 2.62 bits per heavy atom. The molecule has 1 amide bonds. The van der Waals surface area contributed by atoms with Crippen molar-refractivity contribution < 1.29 is 14.3 Å². The molecule has 0 atom stereocenters. The Hall–Kier alpha value is -1.75. The third-order valence-corrected chi connectivity index (χ3v) is 2.92. The van der Waals surface area contributed by atoms with Gasteiger partial charge in [0.25, 0.3) is 5.91 Å². The molecular formula is C16H26N2O3. The second-order valence-corrected chi connectivity index (χ2v) is 5.36. The molecule has 0 aliphatic rings. The van der Waals surface area contributed by atoms with Gasteiger partial charge in [0.15, 0.2) is 0 Å². The van der Waals surface area contributed by atoms with Crippen molar-refractivity contribution >= 4 is 11.6 Å². The van der Waals surface area contributed by atoms with Crippen LogP contribution in [0.3, 0.4) is 0 Å². The normalized spacial score (nSPS) is 10.7. The molecule has 0 aliphatic carbocycles. The van der Waals surface area contributed by atoms with E-state index in [9.17, 15) is 4.79 Å². The second kappa shape index (κ2) is 8.52. The maximum Gasteiger partial charge on any atom is 0.254 e. The monoisotopic (exact) mass is 294 g/mol. The molecule has 0 unspecified atom stereocenters. The summed E-state index contributed by atoms with van der Waals surface area (Å²) in [6.07, 6.45) is 0. The van der Waals surface area contributed by atoms with Gasteiger partial charge in [0, 0.05) is 37.5 Å². The number of hydrogen-bond acceptors (Lipinski definition) is 4. The van der Waals surface area contributed by atoms with Crippen LogP contribution in [0.1, 0.15) is 31.1 Å². The summed E-state index contributed by atoms with van der Waals surface area (Å²) in [6.45, 7) is 8.35. The molecule has 1 aromatic rings. The number of nitrogens with zero attached hydrogens (tertiary/aromatic N) is 1. The van der Waals surface area contributed by atoms with Crippen molar-refractivity contribution in [2.45, 2.75) is 20.8 Å². The van der Waals surface area contributed by atoms with Crippen molar-refractivity contribution in [1.82, 2.24) is 4.90 Å². The van der Waals surface area contributed by atoms with Crippen LogP contribution in [0.2, 0.25) is 0 Å². The number of methoxy groups -OCH3 is 1. The molecule has 0 saturated carbocycles. The fraction of sp³-hybridized carbons (Fsp3) is 0.562. The highest BCUT2D eigenvalue weighted by Gasteiger charge is 2.18. The number of carbonyl (C=O) groups is 1. The van der Waals surface area contributed by atoms with Crippen molar-refractivity contribution in [1.29, 1.82) is 0 Å². The Labute approximate surface area is 127 Å². The van der Waals surface area contributed by atoms with E-state index in [2.05, 4.69) is 13.8 Å². The molecule has 0 radical (unpaired) electrons. The molecule has 0 fully saturated rings. The highest BCUT2D eigenvalue weighted by molar-refractivity contribution is 5.95. The molecule has 0 saturated heterocycles. The SMILES string of the molecule is CCOc1cc(N)cc(C(=O)N(CCOC)CC(C)C)c1. The molecule has 0 spiro atoms. The van der Waals surface area contributed by atoms with Gasteiger partial charge in [-0.15, -0.1) is 0 Å². The zero-order valence-corrected chi connectivity index (χ0v) is 13.4. The molecule has 0 aliphatic heterocycles. The number of nitrogen functional groups attached to an aromatic ring is 1. The minimum absolute atomic E-state index is 0.0472. The van der Waals surface area contributed by atoms with E-state index in [1.54, 1.807) is 30.2 Å². The summed E-state index contributed by atoms with van der Waals surface area (Å²) < 4.78 is 10.5. The van der Waals surface area contributed by atoms with Gasteiger partial charge < -0.3 is 20.1 Å². The topological polar surface area (TPSA) is 64.8 Å². The number of carbonyl (C=O) groups excluding carboxylic acids is 1. The zero-order chi connectivity index (χ0) is 15.8. The van der Waals surface area contributed by atoms with Gasteiger partial charge in [0.1, 0.15) is 5.75 Å². The fourth-order valence-electron chi connectivity index (χ4n) is 2.10. The van der Waals surface area contributed by atoms with Gasteiger partial charge >= 0.3 is 0 Å². The van der Waals surface area contributed by atoms with Crippen LogP contribution in [0.4, 0.5) is 5.69 Å². The number of benzene rings is 1. The number of anilines is 1. The van der Waals surface area contributed by atoms with E-state index in [1.165, 1.54) is 0 Å². The largest absolute Gasteiger partial charge is 0.494 e. The van der Waals surface area contributed by atoms with Crippen molar-refractivity contribution in [2.24, 2.45) is 5.92 Å². The lowest BCUT2D eigenvalue weighted by molar-refractivity contribution is 0.0672. The standard InChI is InChI=1S/C16H26N2O3/c1-5-21-15-9-13(8-14(17)10-15)16(19)18(6-7-20-4)11-12(2)3/h8-10,12H,5-7,11,17H2,1-4H3. The Kier molecular flexibility index (Phi) is 7.02. The van der Waals surface area contributed by atoms with E-state index in [1.807, 2.05) is 6.92 Å². The van der Waals surface area contributed by atoms with Crippen molar-refractivity contribution in [3.05, 3.63) is 23.8 Å². The molecule has 5 nitrogen and oxygen atoms in total. The minimum atomic E-state index is -0.0472. The lowest BCUT2D eigenvalue weighted by atomic mass is 10.1. The van der Waals surface area contributed by atoms with E-state index >= 15 is 0 Å². The van der Waals surface area contributed by atoms with Crippen LogP contribution < -0.4 is 10.5 Å². The first kappa shape index (κ1) is 17.3. The lowest BCUT2D eigenvalue weighted by Gasteiger charge is -2.24. The van der Waals surface area contributed by atoms with E-state index in [0.29, 0.717) is 49.2 Å². The van der Waals surface area contributed by atoms with Crippen LogP contribution in [0.25, 0.3) is 0 Å². The summed E-state index contributed by atoms with van der Waals surface area (Å²) in [7, 11) is 1.63. The molecule has 0 heterocycles. The first-order chi connectivity index (χ1) is 9.97. The van der Waals surface area contributed by atoms with Gasteiger partial charge in [-0.2, -0.15) is 0 Å². The van der Waals surface area contributed by atoms with Gasteiger partial charge in [-0.05, 0) is 25.0 Å². The van der Waals surface area contributed by atoms with Crippen LogP contribution in [0.5, 0.6) is 5.75 Å². The zero-order valence-electron chi connectivity index (χ0n) is 13.4. The molecule has 0 bridgehead atoms. The third-order valence-electron chi connectivity index (χ3n) is 2.92. The van der Waals surface area contributed by atoms with E-state index in [4.69, 9.17) is 15.2 Å². The summed E-state index contributed by atoms with van der Waals surface area (Å²) >= 11 is 0. The van der Waals surface area contributed by atoms with Gasteiger partial charge in [-0.3, -0.25) is 4.79 Å². The second-order valence-electron chi connectivity index (χ2n) is 5.36. The quantitative estimate of drug-likeness (QED) is 0.748. The van der Waals surface area contributed by atoms with Gasteiger partial charge in [0.2, 0.25) is 0 Å². The fourth-order valence-corrected chi connectivity index (χ4v) is 2.10. The van der Waals surface area contributed by atoms with E-state index in [-0.39, 0.29) is 5.91 Å². The molecule has 2 N–H and O–H groups in total. The number of rotatable bonds is 8. The number of nitrogens with two attached hydrogens (primary N) is 1. The smallest absolute Gasteiger partial charge is 0.254 e. The van der Waals surface area contributed by atoms with Crippen molar-refractivity contribution in [3.8, 4) is 5.75 Å². The maximum atomic E-state index is 12.7. The summed E-state index contributed by atoms with van der Waals surface area (Å²) in [5.41, 5.74) is 6.93. The summed E-state index contributed by atoms with van der Waals surface area (Å²) in [4.78, 5) is 14.4. The van der Waals surface area contributed by atoms with Crippen molar-refractivity contribution in [3.63, 3.8) is 0 Å². The molecule has 1 aromatic carbocycles. The summed E-state index contributed by atoms with van der Waals surface area (Å²) in [5, 5.41) is 0. The predicted molar refractivity (Wildman–Crippen MR) is 84.6 cm³/mol. The Morgan fingerprint density at radius 1 is 1.33 bits per heavy atom. The first-order valence-electron chi connectivity index (χ1n) is 7.29. The molecule has 5 heteroatoms. The molecule has 0 aromatic heterocycles. The summed E-state index contributed by atoms with van der Waals surface area (Å²) in [6, 6.07) is 5.15. The average Bonchev–Trinajstić information content (AvgIpc) is 2.42. The molecule has 1 rings (SSSR count). The lowest BCUT2D eigenvalue weighted by Crippen LogP contribution is -2.36. The van der Waals surface area contributed by atoms with Gasteiger partial charge in [-0.1, -0.05) is 13.8 Å². The van der Waals surface area contributed by atoms with Crippen LogP contribution >= 0.6 is 0 Å². The molecule has 118 valence electrons. The third kappa shape index (κ3) is 5.63. The Balaban J connectivity index is 2.95. The highest BCUT2D eigenvalue weighted by Crippen LogP contribution is 2.20. The van der Waals surface area contributed by atoms with Crippen LogP contribution in [0.15, 0.2) is 18.2 Å². The van der Waals surface area contributed by atoms with Crippen LogP contribution in [-0.2, 0) is 4.74 Å². The number of amides is 1. The van der Waals surface area contributed by atoms with E-state index in [0.717, 1.165) is 0 Å².